The van der Waals surface area contributed by atoms with Gasteiger partial charge in [-0.05, 0) is 19.1 Å². The van der Waals surface area contributed by atoms with Gasteiger partial charge in [0.05, 0.1) is 24.1 Å². The van der Waals surface area contributed by atoms with Gasteiger partial charge in [-0.2, -0.15) is 0 Å². The van der Waals surface area contributed by atoms with Gasteiger partial charge in [-0.25, -0.2) is 14.8 Å². The Morgan fingerprint density at radius 3 is 3.10 bits per heavy atom. The molecule has 2 aromatic rings. The van der Waals surface area contributed by atoms with Crippen LogP contribution in [0, 0.1) is 0 Å². The van der Waals surface area contributed by atoms with Gasteiger partial charge in [0, 0.05) is 19.7 Å². The zero-order valence-electron chi connectivity index (χ0n) is 11.4. The molecule has 0 fully saturated rings. The van der Waals surface area contributed by atoms with E-state index in [4.69, 9.17) is 9.47 Å². The van der Waals surface area contributed by atoms with Crippen molar-refractivity contribution in [1.82, 2.24) is 14.4 Å². The van der Waals surface area contributed by atoms with E-state index in [9.17, 15) is 4.79 Å². The van der Waals surface area contributed by atoms with Gasteiger partial charge in [-0.1, -0.05) is 6.08 Å². The van der Waals surface area contributed by atoms with E-state index < -0.39 is 5.97 Å². The minimum atomic E-state index is -0.429. The summed E-state index contributed by atoms with van der Waals surface area (Å²) in [6.07, 6.45) is 6.50. The molecule has 0 radical (unpaired) electrons. The first-order valence-corrected chi connectivity index (χ1v) is 6.49. The van der Waals surface area contributed by atoms with Crippen LogP contribution < -0.4 is 0 Å². The fraction of sp³-hybridized carbons (Fsp3) is 0.357. The summed E-state index contributed by atoms with van der Waals surface area (Å²) >= 11 is 0. The monoisotopic (exact) mass is 273 g/mol. The number of esters is 1. The molecule has 0 spiro atoms. The maximum Gasteiger partial charge on any atom is 0.357 e. The lowest BCUT2D eigenvalue weighted by Gasteiger charge is -2.13. The van der Waals surface area contributed by atoms with Gasteiger partial charge in [-0.3, -0.25) is 4.40 Å². The summed E-state index contributed by atoms with van der Waals surface area (Å²) in [4.78, 5) is 20.4. The number of methoxy groups -OCH3 is 1. The predicted molar refractivity (Wildman–Crippen MR) is 72.5 cm³/mol. The molecule has 0 saturated carbocycles. The lowest BCUT2D eigenvalue weighted by atomic mass is 10.1. The molecule has 1 unspecified atom stereocenters. The van der Waals surface area contributed by atoms with Crippen molar-refractivity contribution in [2.75, 3.05) is 13.7 Å². The largest absolute Gasteiger partial charge is 0.461 e. The van der Waals surface area contributed by atoms with Crippen LogP contribution in [0.2, 0.25) is 0 Å². The summed E-state index contributed by atoms with van der Waals surface area (Å²) < 4.78 is 12.1. The highest BCUT2D eigenvalue weighted by Crippen LogP contribution is 2.21. The summed E-state index contributed by atoms with van der Waals surface area (Å²) in [6, 6.07) is 1.64. The van der Waals surface area contributed by atoms with Gasteiger partial charge >= 0.3 is 5.97 Å². The molecule has 0 bridgehead atoms. The molecular weight excluding hydrogens is 258 g/mol. The molecule has 0 aliphatic heterocycles. The third-order valence-electron chi connectivity index (χ3n) is 3.26. The zero-order valence-corrected chi connectivity index (χ0v) is 11.4. The van der Waals surface area contributed by atoms with Crippen LogP contribution in [0.5, 0.6) is 0 Å². The van der Waals surface area contributed by atoms with Crippen molar-refractivity contribution in [1.29, 1.82) is 0 Å². The van der Waals surface area contributed by atoms with Crippen LogP contribution in [0.1, 0.15) is 28.8 Å². The Labute approximate surface area is 116 Å². The molecule has 0 amide bonds. The topological polar surface area (TPSA) is 65.7 Å². The van der Waals surface area contributed by atoms with Crippen LogP contribution in [-0.4, -0.2) is 40.2 Å². The quantitative estimate of drug-likeness (QED) is 0.793. The Morgan fingerprint density at radius 1 is 1.50 bits per heavy atom. The number of hydrogen-bond donors (Lipinski definition) is 0. The molecule has 0 N–H and O–H groups in total. The van der Waals surface area contributed by atoms with Crippen LogP contribution in [0.25, 0.3) is 11.9 Å². The summed E-state index contributed by atoms with van der Waals surface area (Å²) in [7, 11) is 1.67. The lowest BCUT2D eigenvalue weighted by Crippen LogP contribution is -2.14. The Morgan fingerprint density at radius 2 is 2.35 bits per heavy atom. The minimum Gasteiger partial charge on any atom is -0.461 e. The van der Waals surface area contributed by atoms with Crippen LogP contribution in [0.4, 0.5) is 0 Å². The Balaban J connectivity index is 2.02. The molecule has 104 valence electrons. The highest BCUT2D eigenvalue weighted by atomic mass is 16.5. The third kappa shape index (κ3) is 2.08. The molecule has 0 aromatic carbocycles. The number of fused-ring (bicyclic) bond motifs is 3. The van der Waals surface area contributed by atoms with Crippen molar-refractivity contribution >= 4 is 17.8 Å². The van der Waals surface area contributed by atoms with Gasteiger partial charge in [0.25, 0.3) is 0 Å². The fourth-order valence-corrected chi connectivity index (χ4v) is 2.26. The van der Waals surface area contributed by atoms with E-state index in [-0.39, 0.29) is 11.8 Å². The van der Waals surface area contributed by atoms with E-state index in [0.717, 1.165) is 11.4 Å². The Hall–Kier alpha value is -2.21. The van der Waals surface area contributed by atoms with E-state index in [1.807, 2.05) is 16.6 Å². The van der Waals surface area contributed by atoms with E-state index in [2.05, 4.69) is 9.97 Å². The number of nitrogens with zero attached hydrogens (tertiary/aromatic N) is 3. The second-order valence-electron chi connectivity index (χ2n) is 4.48. The maximum atomic E-state index is 11.7. The molecular formula is C14H15N3O3. The number of rotatable bonds is 3. The molecule has 0 saturated heterocycles. The number of aromatic nitrogens is 3. The first-order chi connectivity index (χ1) is 9.72. The third-order valence-corrected chi connectivity index (χ3v) is 3.26. The standard InChI is InChI=1S/C14H15N3O3/c1-3-20-13(18)10-6-7-17-12-5-4-9(19-2)8-11(12)16-14(17)15-10/h4-7,9H,3,8H2,1-2H3. The van der Waals surface area contributed by atoms with Crippen molar-refractivity contribution in [3.05, 3.63) is 35.4 Å². The normalized spacial score (nSPS) is 17.2. The van der Waals surface area contributed by atoms with Crippen LogP contribution in [0.3, 0.4) is 0 Å². The van der Waals surface area contributed by atoms with Gasteiger partial charge in [0.15, 0.2) is 5.69 Å². The Bertz CT molecular complexity index is 690. The molecule has 1 aliphatic rings. The minimum absolute atomic E-state index is 0.0388. The van der Waals surface area contributed by atoms with Gasteiger partial charge in [0.2, 0.25) is 5.78 Å². The molecule has 1 atom stereocenters. The highest BCUT2D eigenvalue weighted by molar-refractivity contribution is 5.87. The van der Waals surface area contributed by atoms with E-state index >= 15 is 0 Å². The molecule has 1 aliphatic carbocycles. The zero-order chi connectivity index (χ0) is 14.1. The van der Waals surface area contributed by atoms with Crippen molar-refractivity contribution in [2.45, 2.75) is 19.4 Å². The summed E-state index contributed by atoms with van der Waals surface area (Å²) in [6.45, 7) is 2.09. The van der Waals surface area contributed by atoms with Crippen LogP contribution in [-0.2, 0) is 15.9 Å². The number of imidazole rings is 1. The predicted octanol–water partition coefficient (Wildman–Crippen LogP) is 1.49. The van der Waals surface area contributed by atoms with E-state index in [0.29, 0.717) is 18.8 Å². The van der Waals surface area contributed by atoms with Gasteiger partial charge in [-0.15, -0.1) is 0 Å². The highest BCUT2D eigenvalue weighted by Gasteiger charge is 2.20. The number of carbonyl (C=O) groups is 1. The van der Waals surface area contributed by atoms with Crippen molar-refractivity contribution in [3.63, 3.8) is 0 Å². The van der Waals surface area contributed by atoms with E-state index in [1.54, 1.807) is 26.3 Å². The van der Waals surface area contributed by atoms with Crippen LogP contribution in [0.15, 0.2) is 18.3 Å². The molecule has 6 heteroatoms. The molecule has 3 rings (SSSR count). The SMILES string of the molecule is CCOC(=O)c1ccn2c3c(nc2n1)CC(OC)C=C3. The molecule has 20 heavy (non-hydrogen) atoms. The average Bonchev–Trinajstić information content (AvgIpc) is 2.83. The Kier molecular flexibility index (Phi) is 3.23. The van der Waals surface area contributed by atoms with Crippen molar-refractivity contribution in [2.24, 2.45) is 0 Å². The number of ether oxygens (including phenoxy) is 2. The molecule has 6 nitrogen and oxygen atoms in total. The molecule has 2 heterocycles. The summed E-state index contributed by atoms with van der Waals surface area (Å²) in [5.41, 5.74) is 2.18. The van der Waals surface area contributed by atoms with Crippen molar-refractivity contribution in [3.8, 4) is 0 Å². The fourth-order valence-electron chi connectivity index (χ4n) is 2.26. The van der Waals surface area contributed by atoms with Gasteiger partial charge in [0.1, 0.15) is 0 Å². The van der Waals surface area contributed by atoms with E-state index in [1.165, 1.54) is 0 Å². The number of hydrogen-bond acceptors (Lipinski definition) is 5. The smallest absolute Gasteiger partial charge is 0.357 e. The van der Waals surface area contributed by atoms with Crippen LogP contribution >= 0.6 is 0 Å². The second kappa shape index (κ2) is 5.05. The first-order valence-electron chi connectivity index (χ1n) is 6.49. The van der Waals surface area contributed by atoms with Crippen molar-refractivity contribution < 1.29 is 14.3 Å². The maximum absolute atomic E-state index is 11.7. The number of carbonyl (C=O) groups excluding carboxylic acids is 1. The second-order valence-corrected chi connectivity index (χ2v) is 4.48. The lowest BCUT2D eigenvalue weighted by molar-refractivity contribution is 0.0519. The molecule has 2 aromatic heterocycles. The first kappa shape index (κ1) is 12.8. The summed E-state index contributed by atoms with van der Waals surface area (Å²) in [5.74, 6) is 0.0724. The van der Waals surface area contributed by atoms with Gasteiger partial charge < -0.3 is 9.47 Å². The summed E-state index contributed by atoms with van der Waals surface area (Å²) in [5, 5.41) is 0. The average molecular weight is 273 g/mol.